The molecule has 1 unspecified atom stereocenters. The third-order valence-electron chi connectivity index (χ3n) is 12.9. The van der Waals surface area contributed by atoms with Crippen LogP contribution < -0.4 is 15.1 Å². The smallest absolute Gasteiger partial charge is 0.342 e. The van der Waals surface area contributed by atoms with Crippen LogP contribution in [0.3, 0.4) is 0 Å². The number of carbonyl (C=O) groups excluding carboxylic acids is 1. The van der Waals surface area contributed by atoms with E-state index in [0.29, 0.717) is 35.5 Å². The lowest BCUT2D eigenvalue weighted by Crippen LogP contribution is -2.67. The molecule has 1 fully saturated rings. The van der Waals surface area contributed by atoms with Gasteiger partial charge in [-0.15, -0.1) is 0 Å². The third kappa shape index (κ3) is 12.9. The molecule has 2 heterocycles. The molecule has 5 atom stereocenters. The van der Waals surface area contributed by atoms with E-state index < -0.39 is 48.7 Å². The highest BCUT2D eigenvalue weighted by Crippen LogP contribution is 2.42. The zero-order valence-corrected chi connectivity index (χ0v) is 45.2. The number of methoxy groups -OCH3 is 1. The van der Waals surface area contributed by atoms with Crippen molar-refractivity contribution in [2.24, 2.45) is 5.92 Å². The zero-order chi connectivity index (χ0) is 48.0. The largest absolute Gasteiger partial charge is 0.466 e. The predicted molar refractivity (Wildman–Crippen MR) is 273 cm³/mol. The minimum atomic E-state index is -2.80. The predicted octanol–water partition coefficient (Wildman–Crippen LogP) is 12.4. The number of esters is 1. The van der Waals surface area contributed by atoms with Gasteiger partial charge in [0.05, 0.1) is 25.1 Å². The van der Waals surface area contributed by atoms with Gasteiger partial charge in [0, 0.05) is 38.3 Å². The molecule has 9 nitrogen and oxygen atoms in total. The number of furan rings is 1. The maximum atomic E-state index is 13.9. The van der Waals surface area contributed by atoms with Crippen LogP contribution >= 0.6 is 0 Å². The second-order valence-electron chi connectivity index (χ2n) is 21.8. The van der Waals surface area contributed by atoms with Gasteiger partial charge in [-0.3, -0.25) is 0 Å². The van der Waals surface area contributed by atoms with Gasteiger partial charge in [-0.05, 0) is 78.8 Å². The Balaban J connectivity index is 1.50. The lowest BCUT2D eigenvalue weighted by molar-refractivity contribution is -0.151. The molecule has 1 aromatic heterocycles. The van der Waals surface area contributed by atoms with Crippen LogP contribution in [0.2, 0.25) is 48.9 Å². The average molecular weight is 943 g/mol. The van der Waals surface area contributed by atoms with E-state index in [0.717, 1.165) is 11.4 Å². The van der Waals surface area contributed by atoms with Crippen LogP contribution in [-0.4, -0.2) is 81.4 Å². The van der Waals surface area contributed by atoms with Gasteiger partial charge in [0.25, 0.3) is 8.32 Å². The van der Waals surface area contributed by atoms with Crippen molar-refractivity contribution < 1.29 is 41.7 Å². The molecule has 0 N–H and O–H groups in total. The highest BCUT2D eigenvalue weighted by molar-refractivity contribution is 6.99. The summed E-state index contributed by atoms with van der Waals surface area (Å²) in [6.07, 6.45) is 9.19. The Bertz CT molecular complexity index is 2170. The Kier molecular flexibility index (Phi) is 17.0. The van der Waals surface area contributed by atoms with Crippen molar-refractivity contribution in [1.29, 1.82) is 0 Å². The number of hydrogen-bond donors (Lipinski definition) is 0. The highest BCUT2D eigenvalue weighted by Gasteiger charge is 2.52. The number of carbonyl (C=O) groups is 1. The first-order valence-corrected chi connectivity index (χ1v) is 31.8. The van der Waals surface area contributed by atoms with E-state index in [1.54, 1.807) is 19.4 Å². The van der Waals surface area contributed by atoms with E-state index in [-0.39, 0.29) is 35.0 Å². The molecular formula is C53H78O9Si3. The van der Waals surface area contributed by atoms with Gasteiger partial charge >= 0.3 is 5.97 Å². The van der Waals surface area contributed by atoms with Crippen LogP contribution in [0.4, 0.5) is 0 Å². The number of ether oxygens (including phenoxy) is 5. The normalized spacial score (nSPS) is 19.0. The molecule has 0 bridgehead atoms. The Hall–Kier alpha value is -3.60. The molecule has 356 valence electrons. The van der Waals surface area contributed by atoms with Crippen molar-refractivity contribution in [3.05, 3.63) is 108 Å². The second kappa shape index (κ2) is 21.1. The Morgan fingerprint density at radius 3 is 2.00 bits per heavy atom. The van der Waals surface area contributed by atoms with Gasteiger partial charge in [-0.25, -0.2) is 4.79 Å². The van der Waals surface area contributed by atoms with Crippen LogP contribution in [0, 0.1) is 5.92 Å². The Morgan fingerprint density at radius 2 is 1.45 bits per heavy atom. The molecule has 1 saturated heterocycles. The molecule has 0 radical (unpaired) electrons. The van der Waals surface area contributed by atoms with Crippen LogP contribution in [0.25, 0.3) is 17.0 Å². The summed E-state index contributed by atoms with van der Waals surface area (Å²) in [4.78, 5) is 13.9. The summed E-state index contributed by atoms with van der Waals surface area (Å²) in [5, 5.41) is 3.07. The summed E-state index contributed by atoms with van der Waals surface area (Å²) in [6, 6.07) is 26.0. The quantitative estimate of drug-likeness (QED) is 0.0371. The summed E-state index contributed by atoms with van der Waals surface area (Å²) in [6.45, 7) is 33.7. The number of rotatable bonds is 20. The summed E-state index contributed by atoms with van der Waals surface area (Å²) in [5.74, 6) is -0.952. The molecule has 0 amide bonds. The molecule has 0 spiro atoms. The molecule has 65 heavy (non-hydrogen) atoms. The second-order valence-corrected chi connectivity index (χ2v) is 36.5. The zero-order valence-electron chi connectivity index (χ0n) is 42.2. The van der Waals surface area contributed by atoms with Crippen LogP contribution in [0.5, 0.6) is 5.75 Å². The van der Waals surface area contributed by atoms with E-state index in [1.165, 1.54) is 10.4 Å². The summed E-state index contributed by atoms with van der Waals surface area (Å²) in [5.41, 5.74) is 1.56. The maximum Gasteiger partial charge on any atom is 0.342 e. The van der Waals surface area contributed by atoms with Crippen molar-refractivity contribution in [3.63, 3.8) is 0 Å². The van der Waals surface area contributed by atoms with E-state index in [4.69, 9.17) is 37.0 Å². The first-order valence-electron chi connectivity index (χ1n) is 23.3. The Morgan fingerprint density at radius 1 is 0.831 bits per heavy atom. The number of fused-ring (bicyclic) bond motifs is 1. The molecule has 3 aromatic carbocycles. The molecule has 1 aliphatic heterocycles. The van der Waals surface area contributed by atoms with Crippen molar-refractivity contribution in [2.45, 2.75) is 155 Å². The first-order chi connectivity index (χ1) is 30.3. The van der Waals surface area contributed by atoms with E-state index >= 15 is 0 Å². The molecule has 4 aromatic rings. The van der Waals surface area contributed by atoms with E-state index in [1.807, 2.05) is 32.1 Å². The lowest BCUT2D eigenvalue weighted by Gasteiger charge is -2.45. The van der Waals surface area contributed by atoms with E-state index in [2.05, 4.69) is 161 Å². The average Bonchev–Trinajstić information content (AvgIpc) is 3.82. The van der Waals surface area contributed by atoms with Gasteiger partial charge in [0.2, 0.25) is 0 Å². The molecule has 5 rings (SSSR count). The van der Waals surface area contributed by atoms with Gasteiger partial charge in [-0.1, -0.05) is 153 Å². The van der Waals surface area contributed by atoms with Crippen molar-refractivity contribution >= 4 is 58.1 Å². The van der Waals surface area contributed by atoms with Crippen LogP contribution in [-0.2, 0) is 27.8 Å². The Labute approximate surface area is 393 Å². The van der Waals surface area contributed by atoms with Crippen LogP contribution in [0.1, 0.15) is 91.6 Å². The first kappa shape index (κ1) is 52.4. The molecule has 12 heteroatoms. The SMILES string of the molecule is COCOc1cc2occc2c(C=CC[C@@H]2OC(C)(C)O[C@@H]2C(C=C[C@@H](C)[C@H](C)O[Si](c2ccccc2)(c2ccccc2)C(C)(C)C)O[Si](C)(C)C(C)(C)C)c1C(=O)OCC[Si](C)(C)C. The number of benzene rings is 3. The van der Waals surface area contributed by atoms with Crippen molar-refractivity contribution in [1.82, 2.24) is 0 Å². The minimum absolute atomic E-state index is 0.0322. The van der Waals surface area contributed by atoms with Crippen LogP contribution in [0.15, 0.2) is 102 Å². The molecular weight excluding hydrogens is 865 g/mol. The summed E-state index contributed by atoms with van der Waals surface area (Å²) < 4.78 is 51.4. The van der Waals surface area contributed by atoms with E-state index in [9.17, 15) is 4.79 Å². The third-order valence-corrected chi connectivity index (χ3v) is 24.3. The van der Waals surface area contributed by atoms with Crippen molar-refractivity contribution in [3.8, 4) is 5.75 Å². The molecule has 0 aliphatic carbocycles. The minimum Gasteiger partial charge on any atom is -0.466 e. The fourth-order valence-corrected chi connectivity index (χ4v) is 14.9. The lowest BCUT2D eigenvalue weighted by atomic mass is 9.98. The van der Waals surface area contributed by atoms with Crippen molar-refractivity contribution in [2.75, 3.05) is 20.5 Å². The maximum absolute atomic E-state index is 13.9. The highest BCUT2D eigenvalue weighted by atomic mass is 28.4. The number of hydrogen-bond acceptors (Lipinski definition) is 9. The molecule has 1 aliphatic rings. The topological polar surface area (TPSA) is 94.8 Å². The fraction of sp³-hybridized carbons (Fsp3) is 0.528. The molecule has 0 saturated carbocycles. The monoisotopic (exact) mass is 942 g/mol. The summed E-state index contributed by atoms with van der Waals surface area (Å²) in [7, 11) is -5.05. The standard InChI is InChI=1S/C53H78O9Si3/c1-38(39(2)61-65(52(6,7)8,40-24-19-17-20-25-40)41-26-21-18-22-27-41)30-31-45(62-64(15,16)51(3,4)5)49-44(59-53(9,10)60-49)29-23-28-43-42-32-33-56-46(42)36-47(58-37-55-11)48(43)50(54)57-34-35-63(12,13)14/h17-28,30-33,36,38-39,44-45,49H,29,34-35,37H2,1-16H3/t38-,39+,44+,45?,49+/m1/s1. The fourth-order valence-electron chi connectivity index (χ4n) is 8.15. The van der Waals surface area contributed by atoms with Gasteiger partial charge in [-0.2, -0.15) is 0 Å². The van der Waals surface area contributed by atoms with Gasteiger partial charge in [0.1, 0.15) is 23.0 Å². The summed E-state index contributed by atoms with van der Waals surface area (Å²) >= 11 is 0. The van der Waals surface area contributed by atoms with Gasteiger partial charge < -0.3 is 37.0 Å². The van der Waals surface area contributed by atoms with Gasteiger partial charge in [0.15, 0.2) is 20.9 Å².